The van der Waals surface area contributed by atoms with Gasteiger partial charge in [-0.05, 0) is 43.5 Å². The van der Waals surface area contributed by atoms with Crippen LogP contribution in [0.15, 0.2) is 35.7 Å². The van der Waals surface area contributed by atoms with Crippen LogP contribution in [0.5, 0.6) is 11.5 Å². The number of piperidine rings is 1. The normalized spacial score (nSPS) is 16.6. The van der Waals surface area contributed by atoms with E-state index in [1.54, 1.807) is 5.38 Å². The molecule has 0 saturated carbocycles. The predicted molar refractivity (Wildman–Crippen MR) is 208 cm³/mol. The van der Waals surface area contributed by atoms with Crippen molar-refractivity contribution in [2.24, 2.45) is 0 Å². The van der Waals surface area contributed by atoms with Crippen molar-refractivity contribution in [2.45, 2.75) is 70.3 Å². The van der Waals surface area contributed by atoms with Crippen molar-refractivity contribution < 1.29 is 51.8 Å². The second-order valence-electron chi connectivity index (χ2n) is 14.1. The lowest BCUT2D eigenvalue weighted by atomic mass is 10.0. The number of imide groups is 2. The summed E-state index contributed by atoms with van der Waals surface area (Å²) >= 11 is 1.39. The lowest BCUT2D eigenvalue weighted by Crippen LogP contribution is -2.54. The van der Waals surface area contributed by atoms with E-state index in [0.717, 1.165) is 67.5 Å². The number of hydrogen-bond donors (Lipinski definition) is 3. The molecule has 3 aliphatic rings. The van der Waals surface area contributed by atoms with Gasteiger partial charge in [-0.25, -0.2) is 9.37 Å². The molecule has 0 radical (unpaired) electrons. The SMILES string of the molecule is O=C(COc1cccc2c1C(=O)N(C1CCC(=O)NC1=O)C2=O)NCCCCCCCCCCNC(=O)COc1c(-c2csc(N3CCOCC3)n2)ccc(F)c1F. The number of unbranched alkanes of at least 4 members (excludes halogenated alkanes) is 7. The molecule has 58 heavy (non-hydrogen) atoms. The van der Waals surface area contributed by atoms with Crippen LogP contribution in [0.1, 0.15) is 84.9 Å². The Morgan fingerprint density at radius 2 is 1.50 bits per heavy atom. The van der Waals surface area contributed by atoms with Gasteiger partial charge < -0.3 is 29.7 Å². The average molecular weight is 825 g/mol. The Kier molecular flexibility index (Phi) is 14.7. The van der Waals surface area contributed by atoms with Crippen molar-refractivity contribution in [1.29, 1.82) is 0 Å². The van der Waals surface area contributed by atoms with Gasteiger partial charge in [0.1, 0.15) is 11.8 Å². The van der Waals surface area contributed by atoms with Gasteiger partial charge in [-0.2, -0.15) is 4.39 Å². The number of nitrogens with zero attached hydrogens (tertiary/aromatic N) is 3. The van der Waals surface area contributed by atoms with E-state index >= 15 is 0 Å². The summed E-state index contributed by atoms with van der Waals surface area (Å²) in [4.78, 5) is 82.4. The molecular formula is C40H46F2N6O9S. The third-order valence-corrected chi connectivity index (χ3v) is 10.9. The van der Waals surface area contributed by atoms with Crippen LogP contribution in [-0.2, 0) is 23.9 Å². The lowest BCUT2D eigenvalue weighted by Gasteiger charge is -2.27. The Bertz CT molecular complexity index is 2010. The fourth-order valence-electron chi connectivity index (χ4n) is 6.92. The second kappa shape index (κ2) is 20.3. The number of ether oxygens (including phenoxy) is 3. The van der Waals surface area contributed by atoms with Gasteiger partial charge >= 0.3 is 0 Å². The summed E-state index contributed by atoms with van der Waals surface area (Å²) in [7, 11) is 0. The average Bonchev–Trinajstić information content (AvgIpc) is 3.81. The first-order valence-corrected chi connectivity index (χ1v) is 20.4. The molecule has 3 aromatic rings. The van der Waals surface area contributed by atoms with Crippen molar-refractivity contribution in [1.82, 2.24) is 25.8 Å². The van der Waals surface area contributed by atoms with Gasteiger partial charge in [0.2, 0.25) is 17.6 Å². The van der Waals surface area contributed by atoms with E-state index in [1.165, 1.54) is 35.6 Å². The van der Waals surface area contributed by atoms with E-state index in [9.17, 15) is 37.5 Å². The van der Waals surface area contributed by atoms with Gasteiger partial charge in [0, 0.05) is 43.5 Å². The highest BCUT2D eigenvalue weighted by Crippen LogP contribution is 2.37. The second-order valence-corrected chi connectivity index (χ2v) is 14.9. The molecule has 0 bridgehead atoms. The zero-order valence-electron chi connectivity index (χ0n) is 31.9. The number of morpholine rings is 1. The van der Waals surface area contributed by atoms with Crippen molar-refractivity contribution in [3.8, 4) is 22.8 Å². The highest BCUT2D eigenvalue weighted by atomic mass is 32.1. The third-order valence-electron chi connectivity index (χ3n) is 9.98. The van der Waals surface area contributed by atoms with Gasteiger partial charge in [-0.3, -0.25) is 39.0 Å². The first-order chi connectivity index (χ1) is 28.1. The summed E-state index contributed by atoms with van der Waals surface area (Å²) in [6.45, 7) is 2.61. The van der Waals surface area contributed by atoms with Crippen LogP contribution in [0.2, 0.25) is 0 Å². The Morgan fingerprint density at radius 1 is 0.845 bits per heavy atom. The monoisotopic (exact) mass is 824 g/mol. The Morgan fingerprint density at radius 3 is 2.17 bits per heavy atom. The van der Waals surface area contributed by atoms with Gasteiger partial charge in [-0.15, -0.1) is 11.3 Å². The van der Waals surface area contributed by atoms with Crippen LogP contribution < -0.4 is 30.3 Å². The lowest BCUT2D eigenvalue weighted by molar-refractivity contribution is -0.136. The number of benzene rings is 2. The summed E-state index contributed by atoms with van der Waals surface area (Å²) in [5.74, 6) is -5.88. The largest absolute Gasteiger partial charge is 0.483 e. The molecule has 1 unspecified atom stereocenters. The number of carbonyl (C=O) groups excluding carboxylic acids is 6. The highest BCUT2D eigenvalue weighted by Gasteiger charge is 2.46. The zero-order valence-corrected chi connectivity index (χ0v) is 32.8. The summed E-state index contributed by atoms with van der Waals surface area (Å²) in [6.07, 6.45) is 7.43. The Hall–Kier alpha value is -5.49. The number of halogens is 2. The van der Waals surface area contributed by atoms with Gasteiger partial charge in [0.05, 0.1) is 30.0 Å². The number of carbonyl (C=O) groups is 6. The third kappa shape index (κ3) is 10.5. The van der Waals surface area contributed by atoms with E-state index in [0.29, 0.717) is 45.1 Å². The Labute approximate surface area is 337 Å². The first-order valence-electron chi connectivity index (χ1n) is 19.5. The molecule has 0 spiro atoms. The zero-order chi connectivity index (χ0) is 41.0. The topological polar surface area (TPSA) is 186 Å². The van der Waals surface area contributed by atoms with Crippen LogP contribution >= 0.6 is 11.3 Å². The first kappa shape index (κ1) is 42.1. The van der Waals surface area contributed by atoms with Crippen LogP contribution in [0, 0.1) is 11.6 Å². The summed E-state index contributed by atoms with van der Waals surface area (Å²) < 4.78 is 45.4. The molecule has 2 aromatic carbocycles. The minimum absolute atomic E-state index is 0.0103. The maximum absolute atomic E-state index is 14.8. The number of anilines is 1. The molecule has 3 aliphatic heterocycles. The van der Waals surface area contributed by atoms with E-state index in [1.807, 2.05) is 0 Å². The number of aromatic nitrogens is 1. The molecule has 6 amide bonds. The minimum Gasteiger partial charge on any atom is -0.483 e. The number of hydrogen-bond acceptors (Lipinski definition) is 12. The summed E-state index contributed by atoms with van der Waals surface area (Å²) in [5, 5.41) is 10.2. The van der Waals surface area contributed by atoms with Crippen molar-refractivity contribution in [3.05, 3.63) is 58.5 Å². The molecule has 6 rings (SSSR count). The van der Waals surface area contributed by atoms with Crippen LogP contribution in [-0.4, -0.2) is 104 Å². The number of fused-ring (bicyclic) bond motifs is 1. The van der Waals surface area contributed by atoms with Gasteiger partial charge in [0.25, 0.3) is 23.6 Å². The molecule has 0 aliphatic carbocycles. The van der Waals surface area contributed by atoms with Crippen LogP contribution in [0.3, 0.4) is 0 Å². The fraction of sp³-hybridized carbons (Fsp3) is 0.475. The predicted octanol–water partition coefficient (Wildman–Crippen LogP) is 4.14. The van der Waals surface area contributed by atoms with E-state index < -0.39 is 53.8 Å². The number of nitrogens with one attached hydrogen (secondary N) is 3. The highest BCUT2D eigenvalue weighted by molar-refractivity contribution is 7.14. The molecule has 18 heteroatoms. The number of rotatable bonds is 20. The van der Waals surface area contributed by atoms with Crippen molar-refractivity contribution >= 4 is 51.9 Å². The molecule has 2 fully saturated rings. The van der Waals surface area contributed by atoms with Crippen LogP contribution in [0.25, 0.3) is 11.3 Å². The maximum Gasteiger partial charge on any atom is 0.266 e. The smallest absolute Gasteiger partial charge is 0.266 e. The number of amides is 6. The quantitative estimate of drug-likeness (QED) is 0.110. The summed E-state index contributed by atoms with van der Waals surface area (Å²) in [5.41, 5.74) is 0.766. The fourth-order valence-corrected chi connectivity index (χ4v) is 7.80. The molecule has 1 atom stereocenters. The molecule has 3 N–H and O–H groups in total. The van der Waals surface area contributed by atoms with Crippen LogP contribution in [0.4, 0.5) is 13.9 Å². The van der Waals surface area contributed by atoms with Crippen molar-refractivity contribution in [2.75, 3.05) is 57.5 Å². The molecule has 2 saturated heterocycles. The summed E-state index contributed by atoms with van der Waals surface area (Å²) in [6, 6.07) is 5.79. The minimum atomic E-state index is -1.17. The van der Waals surface area contributed by atoms with Crippen molar-refractivity contribution in [3.63, 3.8) is 0 Å². The van der Waals surface area contributed by atoms with E-state index in [-0.39, 0.29) is 53.5 Å². The van der Waals surface area contributed by atoms with Gasteiger partial charge in [0.15, 0.2) is 29.9 Å². The molecule has 15 nitrogen and oxygen atoms in total. The Balaban J connectivity index is 0.800. The number of thiazole rings is 1. The molecule has 310 valence electrons. The maximum atomic E-state index is 14.8. The molecule has 1 aromatic heterocycles. The standard InChI is InChI=1S/C40H46F2N6O9S/c41-27-13-12-25(28-24-58-40(45-28)47-18-20-55-21-19-47)36(35(27)42)57-23-33(51)44-17-8-6-4-2-1-3-5-7-16-43-32(50)22-56-30-11-9-10-26-34(30)39(54)48(38(26)53)29-14-15-31(49)46-37(29)52/h9-13,24,29H,1-8,14-23H2,(H,43,50)(H,44,51)(H,46,49,52). The van der Waals surface area contributed by atoms with Gasteiger partial charge in [-0.1, -0.05) is 44.6 Å². The molecule has 4 heterocycles. The van der Waals surface area contributed by atoms with E-state index in [2.05, 4.69) is 25.8 Å². The van der Waals surface area contributed by atoms with E-state index in [4.69, 9.17) is 14.2 Å². The molecular weight excluding hydrogens is 779 g/mol.